The first-order valence-electron chi connectivity index (χ1n) is 9.46. The van der Waals surface area contributed by atoms with E-state index in [-0.39, 0.29) is 11.7 Å². The normalized spacial score (nSPS) is 16.6. The van der Waals surface area contributed by atoms with Crippen molar-refractivity contribution in [2.45, 2.75) is 39.8 Å². The molecule has 1 fully saturated rings. The van der Waals surface area contributed by atoms with E-state index in [2.05, 4.69) is 51.4 Å². The summed E-state index contributed by atoms with van der Waals surface area (Å²) in [7, 11) is 3.45. The van der Waals surface area contributed by atoms with Gasteiger partial charge in [-0.25, -0.2) is 9.97 Å². The van der Waals surface area contributed by atoms with E-state index in [1.807, 2.05) is 13.8 Å². The van der Waals surface area contributed by atoms with Crippen molar-refractivity contribution in [1.29, 1.82) is 0 Å². The Balaban J connectivity index is 1.70. The topological polar surface area (TPSA) is 61.4 Å². The van der Waals surface area contributed by atoms with E-state index in [4.69, 9.17) is 0 Å². The summed E-state index contributed by atoms with van der Waals surface area (Å²) < 4.78 is 0. The van der Waals surface area contributed by atoms with Crippen molar-refractivity contribution in [1.82, 2.24) is 20.2 Å². The highest BCUT2D eigenvalue weighted by Crippen LogP contribution is 2.24. The molecule has 1 atom stereocenters. The number of nitrogens with zero attached hydrogens (tertiary/aromatic N) is 4. The molecule has 1 aliphatic heterocycles. The van der Waals surface area contributed by atoms with Crippen LogP contribution in [0.15, 0.2) is 24.3 Å². The molecule has 1 aromatic carbocycles. The van der Waals surface area contributed by atoms with Gasteiger partial charge in [0.25, 0.3) is 5.91 Å². The predicted octanol–water partition coefficient (Wildman–Crippen LogP) is 2.47. The molecule has 1 aliphatic rings. The number of carbonyl (C=O) groups is 1. The summed E-state index contributed by atoms with van der Waals surface area (Å²) in [4.78, 5) is 25.1. The second kappa shape index (κ2) is 8.05. The first-order valence-corrected chi connectivity index (χ1v) is 9.46. The number of rotatable bonds is 5. The number of carbonyl (C=O) groups excluding carboxylic acids is 1. The van der Waals surface area contributed by atoms with Gasteiger partial charge in [0.2, 0.25) is 5.82 Å². The van der Waals surface area contributed by atoms with Gasteiger partial charge >= 0.3 is 0 Å². The van der Waals surface area contributed by atoms with Gasteiger partial charge in [0.05, 0.1) is 0 Å². The van der Waals surface area contributed by atoms with Crippen molar-refractivity contribution >= 4 is 11.7 Å². The summed E-state index contributed by atoms with van der Waals surface area (Å²) in [6.07, 6.45) is 1.06. The highest BCUT2D eigenvalue weighted by molar-refractivity contribution is 5.90. The molecule has 0 radical (unpaired) electrons. The molecule has 2 heterocycles. The van der Waals surface area contributed by atoms with E-state index >= 15 is 0 Å². The van der Waals surface area contributed by atoms with Crippen LogP contribution in [0.3, 0.4) is 0 Å². The number of hydrogen-bond acceptors (Lipinski definition) is 5. The van der Waals surface area contributed by atoms with Crippen LogP contribution in [0, 0.1) is 20.8 Å². The standard InChI is InChI=1S/C21H29N5O/c1-14-7-6-8-17(11-14)12-22-18-9-10-26(13-18)20-15(2)16(3)23-19(24-20)21(27)25(4)5/h6-8,11,18,22H,9-10,12-13H2,1-5H3/t18-/m1/s1. The zero-order valence-corrected chi connectivity index (χ0v) is 16.9. The Morgan fingerprint density at radius 2 is 2.04 bits per heavy atom. The summed E-state index contributed by atoms with van der Waals surface area (Å²) in [6, 6.07) is 9.01. The summed E-state index contributed by atoms with van der Waals surface area (Å²) in [6.45, 7) is 8.77. The van der Waals surface area contributed by atoms with Crippen molar-refractivity contribution < 1.29 is 4.79 Å². The van der Waals surface area contributed by atoms with Gasteiger partial charge in [0.15, 0.2) is 0 Å². The van der Waals surface area contributed by atoms with Crippen LogP contribution in [0.5, 0.6) is 0 Å². The van der Waals surface area contributed by atoms with Crippen molar-refractivity contribution in [3.05, 3.63) is 52.5 Å². The molecule has 1 amide bonds. The van der Waals surface area contributed by atoms with Crippen LogP contribution < -0.4 is 10.2 Å². The molecule has 0 saturated carbocycles. The number of benzene rings is 1. The lowest BCUT2D eigenvalue weighted by Crippen LogP contribution is -2.33. The van der Waals surface area contributed by atoms with Gasteiger partial charge in [-0.3, -0.25) is 4.79 Å². The molecule has 0 bridgehead atoms. The fraction of sp³-hybridized carbons (Fsp3) is 0.476. The predicted molar refractivity (Wildman–Crippen MR) is 108 cm³/mol. The van der Waals surface area contributed by atoms with Crippen LogP contribution in [0.2, 0.25) is 0 Å². The minimum Gasteiger partial charge on any atom is -0.355 e. The van der Waals surface area contributed by atoms with Gasteiger partial charge < -0.3 is 15.1 Å². The van der Waals surface area contributed by atoms with Gasteiger partial charge in [0.1, 0.15) is 5.82 Å². The Labute approximate surface area is 161 Å². The number of hydrogen-bond donors (Lipinski definition) is 1. The Kier molecular flexibility index (Phi) is 5.75. The third-order valence-electron chi connectivity index (χ3n) is 5.13. The monoisotopic (exact) mass is 367 g/mol. The first-order chi connectivity index (χ1) is 12.8. The highest BCUT2D eigenvalue weighted by Gasteiger charge is 2.26. The molecule has 27 heavy (non-hydrogen) atoms. The quantitative estimate of drug-likeness (QED) is 0.880. The number of amides is 1. The van der Waals surface area contributed by atoms with Gasteiger partial charge in [0, 0.05) is 51.0 Å². The third-order valence-corrected chi connectivity index (χ3v) is 5.13. The van der Waals surface area contributed by atoms with E-state index in [1.165, 1.54) is 16.0 Å². The SMILES string of the molecule is Cc1cccc(CN[C@@H]2CCN(c3nc(C(=O)N(C)C)nc(C)c3C)C2)c1. The van der Waals surface area contributed by atoms with Gasteiger partial charge in [-0.15, -0.1) is 0 Å². The highest BCUT2D eigenvalue weighted by atomic mass is 16.2. The molecular formula is C21H29N5O. The summed E-state index contributed by atoms with van der Waals surface area (Å²) in [5, 5.41) is 3.65. The Morgan fingerprint density at radius 1 is 1.26 bits per heavy atom. The largest absolute Gasteiger partial charge is 0.355 e. The van der Waals surface area contributed by atoms with E-state index in [9.17, 15) is 4.79 Å². The Hall–Kier alpha value is -2.47. The van der Waals surface area contributed by atoms with Crippen LogP contribution in [-0.2, 0) is 6.54 Å². The van der Waals surface area contributed by atoms with E-state index < -0.39 is 0 Å². The minimum absolute atomic E-state index is 0.160. The molecule has 6 nitrogen and oxygen atoms in total. The maximum absolute atomic E-state index is 12.3. The second-order valence-corrected chi connectivity index (χ2v) is 7.58. The summed E-state index contributed by atoms with van der Waals surface area (Å²) in [5.74, 6) is 0.995. The molecule has 0 spiro atoms. The number of aryl methyl sites for hydroxylation is 2. The molecule has 144 valence electrons. The average Bonchev–Trinajstić information content (AvgIpc) is 3.10. The Morgan fingerprint density at radius 3 is 2.74 bits per heavy atom. The van der Waals surface area contributed by atoms with Gasteiger partial charge in [-0.2, -0.15) is 0 Å². The average molecular weight is 367 g/mol. The molecule has 3 rings (SSSR count). The molecule has 0 unspecified atom stereocenters. The molecule has 1 aromatic heterocycles. The van der Waals surface area contributed by atoms with Crippen LogP contribution in [0.4, 0.5) is 5.82 Å². The lowest BCUT2D eigenvalue weighted by Gasteiger charge is -2.22. The van der Waals surface area contributed by atoms with Gasteiger partial charge in [-0.1, -0.05) is 29.8 Å². The number of nitrogens with one attached hydrogen (secondary N) is 1. The van der Waals surface area contributed by atoms with Crippen LogP contribution >= 0.6 is 0 Å². The van der Waals surface area contributed by atoms with Gasteiger partial charge in [-0.05, 0) is 32.8 Å². The van der Waals surface area contributed by atoms with Crippen molar-refractivity contribution in [2.24, 2.45) is 0 Å². The van der Waals surface area contributed by atoms with Crippen molar-refractivity contribution in [3.8, 4) is 0 Å². The maximum atomic E-state index is 12.3. The van der Waals surface area contributed by atoms with Crippen LogP contribution in [0.1, 0.15) is 39.4 Å². The fourth-order valence-corrected chi connectivity index (χ4v) is 3.42. The molecule has 6 heteroatoms. The lowest BCUT2D eigenvalue weighted by atomic mass is 10.1. The van der Waals surface area contributed by atoms with E-state index in [0.29, 0.717) is 6.04 Å². The zero-order chi connectivity index (χ0) is 19.6. The molecular weight excluding hydrogens is 338 g/mol. The molecule has 0 aliphatic carbocycles. The van der Waals surface area contributed by atoms with E-state index in [1.54, 1.807) is 14.1 Å². The fourth-order valence-electron chi connectivity index (χ4n) is 3.42. The lowest BCUT2D eigenvalue weighted by molar-refractivity contribution is 0.0815. The zero-order valence-electron chi connectivity index (χ0n) is 16.9. The maximum Gasteiger partial charge on any atom is 0.291 e. The van der Waals surface area contributed by atoms with Crippen molar-refractivity contribution in [3.63, 3.8) is 0 Å². The summed E-state index contributed by atoms with van der Waals surface area (Å²) >= 11 is 0. The second-order valence-electron chi connectivity index (χ2n) is 7.58. The van der Waals surface area contributed by atoms with E-state index in [0.717, 1.165) is 43.1 Å². The number of aromatic nitrogens is 2. The molecule has 2 aromatic rings. The minimum atomic E-state index is -0.160. The molecule has 1 N–H and O–H groups in total. The first kappa shape index (κ1) is 19.3. The van der Waals surface area contributed by atoms with Crippen molar-refractivity contribution in [2.75, 3.05) is 32.1 Å². The van der Waals surface area contributed by atoms with Crippen LogP contribution in [0.25, 0.3) is 0 Å². The van der Waals surface area contributed by atoms with Crippen LogP contribution in [-0.4, -0.2) is 54.0 Å². The smallest absolute Gasteiger partial charge is 0.291 e. The molecule has 1 saturated heterocycles. The third kappa shape index (κ3) is 4.45. The number of anilines is 1. The summed E-state index contributed by atoms with van der Waals surface area (Å²) in [5.41, 5.74) is 4.50. The Bertz CT molecular complexity index is 833.